The fourth-order valence-corrected chi connectivity index (χ4v) is 6.87. The molecule has 1 aliphatic heterocycles. The summed E-state index contributed by atoms with van der Waals surface area (Å²) in [5, 5.41) is 17.8. The van der Waals surface area contributed by atoms with Crippen molar-refractivity contribution in [2.24, 2.45) is 0 Å². The van der Waals surface area contributed by atoms with Crippen LogP contribution in [0.5, 0.6) is 0 Å². The maximum absolute atomic E-state index is 14.3. The van der Waals surface area contributed by atoms with Gasteiger partial charge in [-0.1, -0.05) is 11.6 Å². The number of anilines is 1. The number of benzene rings is 2. The molecule has 1 aliphatic rings. The van der Waals surface area contributed by atoms with Gasteiger partial charge in [-0.05, 0) is 60.0 Å². The highest BCUT2D eigenvalue weighted by Crippen LogP contribution is 2.64. The smallest absolute Gasteiger partial charge is 0.244 e. The summed E-state index contributed by atoms with van der Waals surface area (Å²) in [5.41, 5.74) is 1.53. The van der Waals surface area contributed by atoms with Gasteiger partial charge < -0.3 is 20.4 Å². The zero-order valence-electron chi connectivity index (χ0n) is 17.9. The molecule has 0 radical (unpaired) electrons. The molecular formula is C23H22ClFN3O4P. The highest BCUT2D eigenvalue weighted by Gasteiger charge is 2.49. The van der Waals surface area contributed by atoms with Crippen LogP contribution in [0.1, 0.15) is 22.3 Å². The third kappa shape index (κ3) is 4.60. The first-order valence-electron chi connectivity index (χ1n) is 10.2. The lowest BCUT2D eigenvalue weighted by Crippen LogP contribution is -2.41. The van der Waals surface area contributed by atoms with Gasteiger partial charge in [0.1, 0.15) is 11.9 Å². The minimum atomic E-state index is -3.79. The van der Waals surface area contributed by atoms with E-state index in [-0.39, 0.29) is 11.8 Å². The van der Waals surface area contributed by atoms with Crippen LogP contribution in [-0.2, 0) is 20.4 Å². The topological polar surface area (TPSA) is 94.4 Å². The molecule has 3 aromatic rings. The van der Waals surface area contributed by atoms with Crippen LogP contribution in [0.25, 0.3) is 0 Å². The number of pyridine rings is 1. The van der Waals surface area contributed by atoms with E-state index in [0.717, 1.165) is 5.56 Å². The van der Waals surface area contributed by atoms with Gasteiger partial charge in [-0.2, -0.15) is 4.73 Å². The van der Waals surface area contributed by atoms with Crippen LogP contribution in [-0.4, -0.2) is 19.1 Å². The van der Waals surface area contributed by atoms with Crippen LogP contribution in [0.15, 0.2) is 60.9 Å². The zero-order chi connectivity index (χ0) is 23.8. The Morgan fingerprint density at radius 2 is 1.97 bits per heavy atom. The maximum atomic E-state index is 14.3. The van der Waals surface area contributed by atoms with Crippen molar-refractivity contribution < 1.29 is 23.0 Å². The summed E-state index contributed by atoms with van der Waals surface area (Å²) in [4.78, 5) is 13.3. The van der Waals surface area contributed by atoms with Gasteiger partial charge in [-0.3, -0.25) is 9.36 Å². The molecule has 0 aliphatic carbocycles. The number of fused-ring (bicyclic) bond motifs is 1. The lowest BCUT2D eigenvalue weighted by atomic mass is 10.1. The molecule has 0 bridgehead atoms. The van der Waals surface area contributed by atoms with Crippen molar-refractivity contribution in [3.63, 3.8) is 0 Å². The molecule has 33 heavy (non-hydrogen) atoms. The lowest BCUT2D eigenvalue weighted by molar-refractivity contribution is -0.605. The predicted octanol–water partition coefficient (Wildman–Crippen LogP) is 3.82. The second-order valence-corrected chi connectivity index (χ2v) is 10.9. The predicted molar refractivity (Wildman–Crippen MR) is 124 cm³/mol. The number of hydrogen-bond acceptors (Lipinski definition) is 5. The molecule has 4 rings (SSSR count). The van der Waals surface area contributed by atoms with E-state index >= 15 is 0 Å². The van der Waals surface area contributed by atoms with Gasteiger partial charge in [0.25, 0.3) is 0 Å². The van der Waals surface area contributed by atoms with E-state index in [1.165, 1.54) is 31.6 Å². The molecule has 2 aromatic carbocycles. The number of aryl methyl sites for hydroxylation is 1. The second-order valence-electron chi connectivity index (χ2n) is 7.85. The van der Waals surface area contributed by atoms with E-state index in [9.17, 15) is 19.0 Å². The first kappa shape index (κ1) is 23.2. The van der Waals surface area contributed by atoms with Crippen LogP contribution in [0, 0.1) is 17.9 Å². The van der Waals surface area contributed by atoms with Crippen molar-refractivity contribution in [3.05, 3.63) is 93.7 Å². The summed E-state index contributed by atoms with van der Waals surface area (Å²) in [7, 11) is -2.49. The lowest BCUT2D eigenvalue weighted by Gasteiger charge is -2.28. The van der Waals surface area contributed by atoms with Gasteiger partial charge in [0.2, 0.25) is 13.3 Å². The molecular weight excluding hydrogens is 468 g/mol. The van der Waals surface area contributed by atoms with E-state index in [4.69, 9.17) is 16.1 Å². The number of halogens is 2. The Morgan fingerprint density at radius 1 is 1.24 bits per heavy atom. The van der Waals surface area contributed by atoms with Crippen LogP contribution in [0.2, 0.25) is 5.02 Å². The van der Waals surface area contributed by atoms with Crippen LogP contribution < -0.4 is 20.7 Å². The molecule has 2 heterocycles. The van der Waals surface area contributed by atoms with Gasteiger partial charge in [0.15, 0.2) is 12.4 Å². The fraction of sp³-hybridized carbons (Fsp3) is 0.217. The number of carbonyl (C=O) groups is 1. The quantitative estimate of drug-likeness (QED) is 0.312. The number of hydrogen-bond donors (Lipinski definition) is 2. The molecule has 0 saturated heterocycles. The summed E-state index contributed by atoms with van der Waals surface area (Å²) >= 11 is 6.21. The number of carbonyl (C=O) groups excluding carboxylic acids is 1. The minimum absolute atomic E-state index is 0.165. The number of aromatic nitrogens is 1. The molecule has 3 atom stereocenters. The Bertz CT molecular complexity index is 1230. The van der Waals surface area contributed by atoms with Crippen molar-refractivity contribution in [2.75, 3.05) is 12.4 Å². The average Bonchev–Trinajstić information content (AvgIpc) is 3.16. The summed E-state index contributed by atoms with van der Waals surface area (Å²) < 4.78 is 34.7. The van der Waals surface area contributed by atoms with E-state index < -0.39 is 30.8 Å². The van der Waals surface area contributed by atoms with Gasteiger partial charge in [-0.25, -0.2) is 4.39 Å². The Kier molecular flexibility index (Phi) is 6.43. The van der Waals surface area contributed by atoms with Crippen LogP contribution >= 0.6 is 19.0 Å². The first-order valence-corrected chi connectivity index (χ1v) is 12.2. The molecule has 2 N–H and O–H groups in total. The fourth-order valence-electron chi connectivity index (χ4n) is 4.06. The maximum Gasteiger partial charge on any atom is 0.244 e. The van der Waals surface area contributed by atoms with E-state index in [2.05, 4.69) is 10.6 Å². The highest BCUT2D eigenvalue weighted by atomic mass is 35.5. The van der Waals surface area contributed by atoms with Crippen molar-refractivity contribution in [3.8, 4) is 0 Å². The van der Waals surface area contributed by atoms with E-state index in [1.807, 2.05) is 0 Å². The SMILES string of the molecule is COP(=O)(c1cc(C)cc(F)c1)C1c2cc(Cl)ccc2NC1C(=O)NCc1cc[n+]([O-])cc1. The number of rotatable bonds is 6. The molecule has 3 unspecified atom stereocenters. The molecule has 0 saturated carbocycles. The van der Waals surface area contributed by atoms with Crippen molar-refractivity contribution in [1.82, 2.24) is 5.32 Å². The molecule has 1 amide bonds. The van der Waals surface area contributed by atoms with Gasteiger partial charge in [0, 0.05) is 41.8 Å². The molecule has 1 aromatic heterocycles. The normalized spacial score (nSPS) is 18.8. The molecule has 0 spiro atoms. The summed E-state index contributed by atoms with van der Waals surface area (Å²) in [6.07, 6.45) is 2.67. The third-order valence-electron chi connectivity index (χ3n) is 5.60. The number of nitrogens with zero attached hydrogens (tertiary/aromatic N) is 1. The van der Waals surface area contributed by atoms with Crippen molar-refractivity contribution in [1.29, 1.82) is 0 Å². The van der Waals surface area contributed by atoms with Gasteiger partial charge >= 0.3 is 0 Å². The number of nitrogens with one attached hydrogen (secondary N) is 2. The molecule has 10 heteroatoms. The van der Waals surface area contributed by atoms with Gasteiger partial charge in [0.05, 0.1) is 5.66 Å². The molecule has 7 nitrogen and oxygen atoms in total. The number of amides is 1. The first-order chi connectivity index (χ1) is 15.7. The second kappa shape index (κ2) is 9.14. The van der Waals surface area contributed by atoms with Crippen LogP contribution in [0.4, 0.5) is 10.1 Å². The van der Waals surface area contributed by atoms with Crippen molar-refractivity contribution >= 4 is 35.9 Å². The zero-order valence-corrected chi connectivity index (χ0v) is 19.6. The largest absolute Gasteiger partial charge is 0.619 e. The Morgan fingerprint density at radius 3 is 2.64 bits per heavy atom. The third-order valence-corrected chi connectivity index (χ3v) is 8.67. The Hall–Kier alpha value is -2.93. The standard InChI is InChI=1S/C23H22ClFN3O4P/c1-14-9-17(25)12-18(10-14)33(31,32-2)22-19-11-16(24)3-4-20(19)27-21(22)23(29)26-13-15-5-7-28(30)8-6-15/h3-12,21-22,27H,13H2,1-2H3,(H,26,29). The minimum Gasteiger partial charge on any atom is -0.619 e. The van der Waals surface area contributed by atoms with E-state index in [0.29, 0.717) is 26.6 Å². The Labute approximate surface area is 195 Å². The average molecular weight is 490 g/mol. The van der Waals surface area contributed by atoms with E-state index in [1.54, 1.807) is 43.3 Å². The van der Waals surface area contributed by atoms with Crippen molar-refractivity contribution in [2.45, 2.75) is 25.2 Å². The monoisotopic (exact) mass is 489 g/mol. The molecule has 0 fully saturated rings. The highest BCUT2D eigenvalue weighted by molar-refractivity contribution is 7.67. The van der Waals surface area contributed by atoms with Crippen LogP contribution in [0.3, 0.4) is 0 Å². The summed E-state index contributed by atoms with van der Waals surface area (Å²) in [6, 6.07) is 11.4. The molecule has 172 valence electrons. The van der Waals surface area contributed by atoms with Gasteiger partial charge in [-0.15, -0.1) is 0 Å². The summed E-state index contributed by atoms with van der Waals surface area (Å²) in [5.74, 6) is -0.961. The summed E-state index contributed by atoms with van der Waals surface area (Å²) in [6.45, 7) is 1.86. The Balaban J connectivity index is 1.72.